The summed E-state index contributed by atoms with van der Waals surface area (Å²) in [6, 6.07) is 17.1. The average molecular weight is 248 g/mol. The standard InChI is InChI=1S/C16H12N2O/c19-16(14-8-4-5-9-17-14)13-10-15(18-11-13)12-6-2-1-3-7-12/h1-11,18H. The number of hydrogen-bond donors (Lipinski definition) is 1. The van der Waals surface area contributed by atoms with Crippen LogP contribution in [0.3, 0.4) is 0 Å². The van der Waals surface area contributed by atoms with Gasteiger partial charge in [0.1, 0.15) is 5.69 Å². The molecule has 3 aromatic rings. The number of aromatic amines is 1. The van der Waals surface area contributed by atoms with Gasteiger partial charge in [-0.2, -0.15) is 0 Å². The number of H-pyrrole nitrogens is 1. The molecule has 19 heavy (non-hydrogen) atoms. The summed E-state index contributed by atoms with van der Waals surface area (Å²) in [7, 11) is 0. The van der Waals surface area contributed by atoms with Gasteiger partial charge in [0.05, 0.1) is 0 Å². The molecule has 92 valence electrons. The van der Waals surface area contributed by atoms with Crippen LogP contribution in [0.4, 0.5) is 0 Å². The summed E-state index contributed by atoms with van der Waals surface area (Å²) in [5, 5.41) is 0. The van der Waals surface area contributed by atoms with Crippen LogP contribution in [-0.4, -0.2) is 15.8 Å². The van der Waals surface area contributed by atoms with Gasteiger partial charge in [-0.25, -0.2) is 0 Å². The number of ketones is 1. The minimum Gasteiger partial charge on any atom is -0.360 e. The summed E-state index contributed by atoms with van der Waals surface area (Å²) in [5.74, 6) is -0.0703. The second-order valence-corrected chi connectivity index (χ2v) is 4.21. The lowest BCUT2D eigenvalue weighted by atomic mass is 10.1. The van der Waals surface area contributed by atoms with E-state index in [1.54, 1.807) is 24.5 Å². The van der Waals surface area contributed by atoms with Gasteiger partial charge < -0.3 is 4.98 Å². The van der Waals surface area contributed by atoms with Gasteiger partial charge in [-0.05, 0) is 23.8 Å². The Hall–Kier alpha value is -2.68. The van der Waals surface area contributed by atoms with E-state index < -0.39 is 0 Å². The SMILES string of the molecule is O=C(c1c[nH]c(-c2ccccc2)c1)c1ccccn1. The fraction of sp³-hybridized carbons (Fsp3) is 0. The van der Waals surface area contributed by atoms with E-state index in [0.29, 0.717) is 11.3 Å². The third-order valence-corrected chi connectivity index (χ3v) is 2.93. The van der Waals surface area contributed by atoms with E-state index in [0.717, 1.165) is 11.3 Å². The molecule has 0 saturated carbocycles. The molecule has 0 amide bonds. The molecular weight excluding hydrogens is 236 g/mol. The Kier molecular flexibility index (Phi) is 2.94. The summed E-state index contributed by atoms with van der Waals surface area (Å²) in [5.41, 5.74) is 3.07. The first kappa shape index (κ1) is 11.4. The number of benzene rings is 1. The molecule has 1 aromatic carbocycles. The van der Waals surface area contributed by atoms with Gasteiger partial charge in [0.25, 0.3) is 0 Å². The summed E-state index contributed by atoms with van der Waals surface area (Å²) in [6.45, 7) is 0. The molecule has 2 heterocycles. The van der Waals surface area contributed by atoms with Gasteiger partial charge in [-0.1, -0.05) is 36.4 Å². The van der Waals surface area contributed by atoms with Crippen molar-refractivity contribution in [2.45, 2.75) is 0 Å². The highest BCUT2D eigenvalue weighted by Gasteiger charge is 2.12. The van der Waals surface area contributed by atoms with Crippen molar-refractivity contribution in [3.63, 3.8) is 0 Å². The highest BCUT2D eigenvalue weighted by Crippen LogP contribution is 2.19. The van der Waals surface area contributed by atoms with Crippen LogP contribution in [0, 0.1) is 0 Å². The van der Waals surface area contributed by atoms with E-state index in [-0.39, 0.29) is 5.78 Å². The zero-order chi connectivity index (χ0) is 13.1. The van der Waals surface area contributed by atoms with Crippen molar-refractivity contribution in [2.75, 3.05) is 0 Å². The second-order valence-electron chi connectivity index (χ2n) is 4.21. The van der Waals surface area contributed by atoms with Crippen LogP contribution >= 0.6 is 0 Å². The Morgan fingerprint density at radius 1 is 1.00 bits per heavy atom. The Morgan fingerprint density at radius 3 is 2.53 bits per heavy atom. The zero-order valence-electron chi connectivity index (χ0n) is 10.2. The molecule has 2 aromatic heterocycles. The fourth-order valence-corrected chi connectivity index (χ4v) is 1.95. The first-order valence-corrected chi connectivity index (χ1v) is 6.04. The molecule has 0 saturated heterocycles. The number of aromatic nitrogens is 2. The first-order chi connectivity index (χ1) is 9.34. The first-order valence-electron chi connectivity index (χ1n) is 6.04. The second kappa shape index (κ2) is 4.90. The molecular formula is C16H12N2O. The summed E-state index contributed by atoms with van der Waals surface area (Å²) >= 11 is 0. The van der Waals surface area contributed by atoms with Gasteiger partial charge in [0.2, 0.25) is 5.78 Å². The topological polar surface area (TPSA) is 45.8 Å². The minimum absolute atomic E-state index is 0.0703. The molecule has 0 atom stereocenters. The predicted octanol–water partition coefficient (Wildman–Crippen LogP) is 3.31. The maximum atomic E-state index is 12.2. The third kappa shape index (κ3) is 2.31. The van der Waals surface area contributed by atoms with Crippen LogP contribution < -0.4 is 0 Å². The Bertz CT molecular complexity index is 687. The van der Waals surface area contributed by atoms with Crippen molar-refractivity contribution in [2.24, 2.45) is 0 Å². The molecule has 0 unspecified atom stereocenters. The Balaban J connectivity index is 1.92. The normalized spacial score (nSPS) is 10.3. The van der Waals surface area contributed by atoms with Gasteiger partial charge in [-0.15, -0.1) is 0 Å². The largest absolute Gasteiger partial charge is 0.360 e. The molecule has 0 spiro atoms. The van der Waals surface area contributed by atoms with Crippen molar-refractivity contribution in [3.05, 3.63) is 78.2 Å². The quantitative estimate of drug-likeness (QED) is 0.723. The fourth-order valence-electron chi connectivity index (χ4n) is 1.95. The lowest BCUT2D eigenvalue weighted by Crippen LogP contribution is -2.01. The monoisotopic (exact) mass is 248 g/mol. The lowest BCUT2D eigenvalue weighted by molar-refractivity contribution is 0.103. The van der Waals surface area contributed by atoms with Crippen molar-refractivity contribution in [3.8, 4) is 11.3 Å². The molecule has 0 radical (unpaired) electrons. The van der Waals surface area contributed by atoms with Crippen molar-refractivity contribution in [1.82, 2.24) is 9.97 Å². The summed E-state index contributed by atoms with van der Waals surface area (Å²) in [4.78, 5) is 19.4. The van der Waals surface area contributed by atoms with E-state index in [9.17, 15) is 4.79 Å². The van der Waals surface area contributed by atoms with Crippen LogP contribution in [0.5, 0.6) is 0 Å². The maximum Gasteiger partial charge on any atom is 0.212 e. The average Bonchev–Trinajstić information content (AvgIpc) is 2.98. The smallest absolute Gasteiger partial charge is 0.212 e. The summed E-state index contributed by atoms with van der Waals surface area (Å²) in [6.07, 6.45) is 3.34. The lowest BCUT2D eigenvalue weighted by Gasteiger charge is -1.96. The van der Waals surface area contributed by atoms with Crippen LogP contribution in [0.25, 0.3) is 11.3 Å². The predicted molar refractivity (Wildman–Crippen MR) is 73.9 cm³/mol. The highest BCUT2D eigenvalue weighted by molar-refractivity contribution is 6.08. The number of hydrogen-bond acceptors (Lipinski definition) is 2. The number of nitrogens with zero attached hydrogens (tertiary/aromatic N) is 1. The molecule has 3 nitrogen and oxygen atoms in total. The summed E-state index contributed by atoms with van der Waals surface area (Å²) < 4.78 is 0. The number of carbonyl (C=O) groups is 1. The highest BCUT2D eigenvalue weighted by atomic mass is 16.1. The van der Waals surface area contributed by atoms with Gasteiger partial charge >= 0.3 is 0 Å². The molecule has 3 rings (SSSR count). The Labute approximate surface area is 111 Å². The van der Waals surface area contributed by atoms with Crippen molar-refractivity contribution in [1.29, 1.82) is 0 Å². The van der Waals surface area contributed by atoms with E-state index in [1.807, 2.05) is 42.5 Å². The molecule has 0 fully saturated rings. The van der Waals surface area contributed by atoms with E-state index in [1.165, 1.54) is 0 Å². The van der Waals surface area contributed by atoms with Crippen molar-refractivity contribution < 1.29 is 4.79 Å². The molecule has 0 aliphatic carbocycles. The minimum atomic E-state index is -0.0703. The number of rotatable bonds is 3. The molecule has 0 bridgehead atoms. The van der Waals surface area contributed by atoms with E-state index in [2.05, 4.69) is 9.97 Å². The van der Waals surface area contributed by atoms with Gasteiger partial charge in [-0.3, -0.25) is 9.78 Å². The van der Waals surface area contributed by atoms with Crippen LogP contribution in [-0.2, 0) is 0 Å². The van der Waals surface area contributed by atoms with E-state index in [4.69, 9.17) is 0 Å². The third-order valence-electron chi connectivity index (χ3n) is 2.93. The van der Waals surface area contributed by atoms with Crippen molar-refractivity contribution >= 4 is 5.78 Å². The van der Waals surface area contributed by atoms with Gasteiger partial charge in [0, 0.05) is 23.7 Å². The Morgan fingerprint density at radius 2 is 1.79 bits per heavy atom. The number of carbonyl (C=O) groups excluding carboxylic acids is 1. The van der Waals surface area contributed by atoms with Gasteiger partial charge in [0.15, 0.2) is 0 Å². The van der Waals surface area contributed by atoms with E-state index >= 15 is 0 Å². The molecule has 1 N–H and O–H groups in total. The van der Waals surface area contributed by atoms with Crippen LogP contribution in [0.1, 0.15) is 16.1 Å². The van der Waals surface area contributed by atoms with Crippen LogP contribution in [0.15, 0.2) is 67.0 Å². The maximum absolute atomic E-state index is 12.2. The molecule has 0 aliphatic rings. The molecule has 3 heteroatoms. The number of pyridine rings is 1. The zero-order valence-corrected chi connectivity index (χ0v) is 10.2. The number of nitrogens with one attached hydrogen (secondary N) is 1. The van der Waals surface area contributed by atoms with Crippen LogP contribution in [0.2, 0.25) is 0 Å². The molecule has 0 aliphatic heterocycles.